The van der Waals surface area contributed by atoms with E-state index < -0.39 is 0 Å². The Kier molecular flexibility index (Phi) is 41.7. The predicted molar refractivity (Wildman–Crippen MR) is 225 cm³/mol. The summed E-state index contributed by atoms with van der Waals surface area (Å²) in [5.74, 6) is 0. The van der Waals surface area contributed by atoms with Gasteiger partial charge in [-0.25, -0.2) is 0 Å². The van der Waals surface area contributed by atoms with Crippen LogP contribution in [0, 0.1) is 0 Å². The highest BCUT2D eigenvalue weighted by Crippen LogP contribution is 2.12. The molecule has 0 aliphatic rings. The van der Waals surface area contributed by atoms with E-state index in [1.165, 1.54) is 167 Å². The average Bonchev–Trinajstić information content (AvgIpc) is 3.10. The Morgan fingerprint density at radius 1 is 0.520 bits per heavy atom. The minimum Gasteiger partial charge on any atom is -0.463 e. The van der Waals surface area contributed by atoms with Crippen LogP contribution in [0.3, 0.4) is 0 Å². The zero-order valence-corrected chi connectivity index (χ0v) is 34.8. The smallest absolute Gasteiger partial charge is 0.257 e. The predicted octanol–water partition coefficient (Wildman–Crippen LogP) is 12.9. The van der Waals surface area contributed by atoms with Gasteiger partial charge in [-0.1, -0.05) is 154 Å². The number of nitrogens with zero attached hydrogens (tertiary/aromatic N) is 1. The second-order valence-electron chi connectivity index (χ2n) is 14.8. The summed E-state index contributed by atoms with van der Waals surface area (Å²) in [7, 11) is 4.12. The highest BCUT2D eigenvalue weighted by molar-refractivity contribution is 7.80. The molecule has 0 bridgehead atoms. The summed E-state index contributed by atoms with van der Waals surface area (Å²) in [6, 6.07) is 0. The van der Waals surface area contributed by atoms with E-state index in [4.69, 9.17) is 26.4 Å². The molecule has 296 valence electrons. The van der Waals surface area contributed by atoms with Crippen LogP contribution in [0.15, 0.2) is 24.3 Å². The van der Waals surface area contributed by atoms with Crippen LogP contribution in [0.25, 0.3) is 0 Å². The van der Waals surface area contributed by atoms with Crippen molar-refractivity contribution in [3.63, 3.8) is 0 Å². The van der Waals surface area contributed by atoms with Crippen LogP contribution in [-0.4, -0.2) is 69.8 Å². The molecular formula is C44H86N2O3S. The molecule has 0 heterocycles. The molecule has 0 radical (unpaired) electrons. The molecule has 50 heavy (non-hydrogen) atoms. The number of thiocarbonyl (C=S) groups is 1. The van der Waals surface area contributed by atoms with E-state index in [-0.39, 0.29) is 6.10 Å². The summed E-state index contributed by atoms with van der Waals surface area (Å²) >= 11 is 5.46. The van der Waals surface area contributed by atoms with Crippen molar-refractivity contribution in [3.8, 4) is 0 Å². The number of allylic oxidation sites excluding steroid dienone is 4. The fourth-order valence-electron chi connectivity index (χ4n) is 6.02. The van der Waals surface area contributed by atoms with E-state index in [9.17, 15) is 0 Å². The summed E-state index contributed by atoms with van der Waals surface area (Å²) in [5.41, 5.74) is 0. The Morgan fingerprint density at radius 2 is 0.860 bits per heavy atom. The molecule has 0 aromatic heterocycles. The first-order chi connectivity index (χ1) is 24.6. The molecule has 0 aliphatic carbocycles. The molecule has 0 atom stereocenters. The van der Waals surface area contributed by atoms with Crippen molar-refractivity contribution >= 4 is 17.4 Å². The minimum atomic E-state index is -0.169. The normalized spacial score (nSPS) is 12.0. The first-order valence-electron chi connectivity index (χ1n) is 21.6. The zero-order chi connectivity index (χ0) is 36.4. The van der Waals surface area contributed by atoms with Crippen LogP contribution in [0.5, 0.6) is 0 Å². The van der Waals surface area contributed by atoms with Gasteiger partial charge in [0.25, 0.3) is 5.17 Å². The molecule has 0 aromatic rings. The second kappa shape index (κ2) is 42.5. The molecule has 0 amide bonds. The lowest BCUT2D eigenvalue weighted by molar-refractivity contribution is -0.0137. The number of rotatable bonds is 40. The van der Waals surface area contributed by atoms with Crippen molar-refractivity contribution in [1.29, 1.82) is 0 Å². The van der Waals surface area contributed by atoms with Gasteiger partial charge in [-0.05, 0) is 90.5 Å². The number of hydrogen-bond donors (Lipinski definition) is 1. The summed E-state index contributed by atoms with van der Waals surface area (Å²) < 4.78 is 18.1. The summed E-state index contributed by atoms with van der Waals surface area (Å²) in [6.07, 6.45) is 46.4. The number of hydrogen-bond acceptors (Lipinski definition) is 5. The summed E-state index contributed by atoms with van der Waals surface area (Å²) in [6.45, 7) is 8.84. The van der Waals surface area contributed by atoms with Gasteiger partial charge >= 0.3 is 0 Å². The Balaban J connectivity index is 3.89. The zero-order valence-electron chi connectivity index (χ0n) is 34.0. The fourth-order valence-corrected chi connectivity index (χ4v) is 6.26. The molecule has 5 nitrogen and oxygen atoms in total. The van der Waals surface area contributed by atoms with Crippen molar-refractivity contribution in [2.75, 3.05) is 53.6 Å². The van der Waals surface area contributed by atoms with E-state index in [0.29, 0.717) is 18.4 Å². The van der Waals surface area contributed by atoms with Crippen molar-refractivity contribution in [2.24, 2.45) is 0 Å². The Hall–Kier alpha value is -0.950. The number of likely N-dealkylation sites (N-methyl/N-ethyl adjacent to an activating group) is 1. The Morgan fingerprint density at radius 3 is 1.22 bits per heavy atom. The summed E-state index contributed by atoms with van der Waals surface area (Å²) in [4.78, 5) is 2.13. The standard InChI is InChI=1S/C44H86N2O3S/c1-5-7-9-11-13-15-17-19-21-23-25-27-29-31-33-35-39-47-41-43(49-44(50)45-37-38-46(3)4)42-48-40-36-34-32-30-28-26-24-22-20-18-16-14-12-10-8-6-2/h19-22,43H,5-18,23-42H2,1-4H3,(H,45,50)/b21-19-,22-20-. The van der Waals surface area contributed by atoms with Gasteiger partial charge in [0.15, 0.2) is 0 Å². The first kappa shape index (κ1) is 49.0. The maximum absolute atomic E-state index is 6.04. The highest BCUT2D eigenvalue weighted by atomic mass is 32.1. The van der Waals surface area contributed by atoms with Gasteiger partial charge in [-0.2, -0.15) is 0 Å². The molecule has 0 aromatic carbocycles. The lowest BCUT2D eigenvalue weighted by atomic mass is 10.1. The molecule has 6 heteroatoms. The molecule has 0 aliphatic heterocycles. The monoisotopic (exact) mass is 723 g/mol. The maximum atomic E-state index is 6.04. The Labute approximate surface area is 318 Å². The van der Waals surface area contributed by atoms with Crippen molar-refractivity contribution in [2.45, 2.75) is 200 Å². The van der Waals surface area contributed by atoms with E-state index in [2.05, 4.69) is 62.5 Å². The third-order valence-corrected chi connectivity index (χ3v) is 9.55. The van der Waals surface area contributed by atoms with Crippen LogP contribution < -0.4 is 5.32 Å². The minimum absolute atomic E-state index is 0.169. The largest absolute Gasteiger partial charge is 0.463 e. The van der Waals surface area contributed by atoms with Gasteiger partial charge in [0.05, 0.1) is 13.2 Å². The van der Waals surface area contributed by atoms with Gasteiger partial charge in [-0.3, -0.25) is 0 Å². The quantitative estimate of drug-likeness (QED) is 0.0386. The van der Waals surface area contributed by atoms with E-state index in [1.807, 2.05) is 0 Å². The van der Waals surface area contributed by atoms with Crippen molar-refractivity contribution < 1.29 is 14.2 Å². The topological polar surface area (TPSA) is 43.0 Å². The molecule has 0 spiro atoms. The first-order valence-corrected chi connectivity index (χ1v) is 22.1. The SMILES string of the molecule is CCCCCCCC/C=C\CCCCCCCCOCC(COCCCCCCCC/C=C\CCCCCCCC)OC(=S)NCCN(C)C. The molecule has 0 unspecified atom stereocenters. The van der Waals surface area contributed by atoms with Gasteiger partial charge in [0.2, 0.25) is 0 Å². The number of ether oxygens (including phenoxy) is 3. The molecule has 0 rings (SSSR count). The molecule has 1 N–H and O–H groups in total. The van der Waals surface area contributed by atoms with E-state index in [0.717, 1.165) is 39.1 Å². The number of nitrogens with one attached hydrogen (secondary N) is 1. The van der Waals surface area contributed by atoms with Gasteiger partial charge in [0.1, 0.15) is 6.10 Å². The van der Waals surface area contributed by atoms with Crippen LogP contribution in [0.2, 0.25) is 0 Å². The van der Waals surface area contributed by atoms with Gasteiger partial charge in [0, 0.05) is 26.3 Å². The molecular weight excluding hydrogens is 637 g/mol. The lowest BCUT2D eigenvalue weighted by Gasteiger charge is -2.21. The molecule has 0 saturated carbocycles. The van der Waals surface area contributed by atoms with E-state index in [1.54, 1.807) is 0 Å². The van der Waals surface area contributed by atoms with Crippen molar-refractivity contribution in [1.82, 2.24) is 10.2 Å². The highest BCUT2D eigenvalue weighted by Gasteiger charge is 2.13. The summed E-state index contributed by atoms with van der Waals surface area (Å²) in [5, 5.41) is 3.66. The average molecular weight is 723 g/mol. The fraction of sp³-hybridized carbons (Fsp3) is 0.886. The van der Waals surface area contributed by atoms with E-state index >= 15 is 0 Å². The van der Waals surface area contributed by atoms with Crippen molar-refractivity contribution in [3.05, 3.63) is 24.3 Å². The van der Waals surface area contributed by atoms with Crippen LogP contribution >= 0.6 is 12.2 Å². The third-order valence-electron chi connectivity index (χ3n) is 9.31. The van der Waals surface area contributed by atoms with Crippen LogP contribution in [-0.2, 0) is 14.2 Å². The molecule has 0 saturated heterocycles. The van der Waals surface area contributed by atoms with Crippen LogP contribution in [0.1, 0.15) is 194 Å². The number of unbranched alkanes of at least 4 members (excludes halogenated alkanes) is 24. The van der Waals surface area contributed by atoms with Gasteiger partial charge in [-0.15, -0.1) is 0 Å². The lowest BCUT2D eigenvalue weighted by Crippen LogP contribution is -2.37. The third kappa shape index (κ3) is 41.5. The van der Waals surface area contributed by atoms with Gasteiger partial charge < -0.3 is 24.4 Å². The molecule has 0 fully saturated rings. The second-order valence-corrected chi connectivity index (χ2v) is 15.2. The van der Waals surface area contributed by atoms with Crippen LogP contribution in [0.4, 0.5) is 0 Å². The maximum Gasteiger partial charge on any atom is 0.257 e. The Bertz CT molecular complexity index is 684.